The van der Waals surface area contributed by atoms with E-state index in [-0.39, 0.29) is 6.04 Å². The molecule has 0 aliphatic carbocycles. The molecule has 0 spiro atoms. The van der Waals surface area contributed by atoms with E-state index in [0.29, 0.717) is 6.54 Å². The summed E-state index contributed by atoms with van der Waals surface area (Å²) in [5.41, 5.74) is 7.10. The van der Waals surface area contributed by atoms with Gasteiger partial charge in [0.1, 0.15) is 5.82 Å². The normalized spacial score (nSPS) is 12.5. The highest BCUT2D eigenvalue weighted by Crippen LogP contribution is 2.31. The van der Waals surface area contributed by atoms with Gasteiger partial charge >= 0.3 is 0 Å². The van der Waals surface area contributed by atoms with Crippen LogP contribution in [0.2, 0.25) is 0 Å². The number of hydrogen-bond donors (Lipinski definition) is 1. The molecule has 20 heavy (non-hydrogen) atoms. The van der Waals surface area contributed by atoms with Crippen LogP contribution in [-0.4, -0.2) is 16.1 Å². The maximum absolute atomic E-state index is 5.99. The maximum Gasteiger partial charge on any atom is 0.140 e. The molecule has 102 valence electrons. The third-order valence-electron chi connectivity index (χ3n) is 3.18. The summed E-state index contributed by atoms with van der Waals surface area (Å²) < 4.78 is 3.26. The van der Waals surface area contributed by atoms with Gasteiger partial charge in [-0.2, -0.15) is 0 Å². The standard InChI is InChI=1S/C15H14BrN3S/c16-14-7-6-13(20-14)12(10-17)19-9-8-18-15(19)11-4-2-1-3-5-11/h1-9,12H,10,17H2. The number of benzene rings is 1. The minimum atomic E-state index is 0.115. The van der Waals surface area contributed by atoms with E-state index in [1.165, 1.54) is 4.88 Å². The number of nitrogens with two attached hydrogens (primary N) is 1. The molecule has 0 fully saturated rings. The number of aromatic nitrogens is 2. The number of hydrogen-bond acceptors (Lipinski definition) is 3. The zero-order valence-corrected chi connectivity index (χ0v) is 13.1. The largest absolute Gasteiger partial charge is 0.328 e. The van der Waals surface area contributed by atoms with Crippen LogP contribution in [0.25, 0.3) is 11.4 Å². The van der Waals surface area contributed by atoms with E-state index in [9.17, 15) is 0 Å². The molecule has 1 aromatic carbocycles. The summed E-state index contributed by atoms with van der Waals surface area (Å²) >= 11 is 5.22. The molecule has 2 heterocycles. The Morgan fingerprint density at radius 1 is 1.20 bits per heavy atom. The second-order valence-corrected chi connectivity index (χ2v) is 6.91. The molecule has 0 aliphatic heterocycles. The number of thiophene rings is 1. The molecular formula is C15H14BrN3S. The third kappa shape index (κ3) is 2.57. The average molecular weight is 348 g/mol. The van der Waals surface area contributed by atoms with Crippen LogP contribution in [0.3, 0.4) is 0 Å². The molecule has 1 atom stereocenters. The quantitative estimate of drug-likeness (QED) is 0.777. The first-order chi connectivity index (χ1) is 9.79. The van der Waals surface area contributed by atoms with Gasteiger partial charge in [-0.25, -0.2) is 4.98 Å². The van der Waals surface area contributed by atoms with Crippen LogP contribution in [0.5, 0.6) is 0 Å². The van der Waals surface area contributed by atoms with Crippen LogP contribution in [-0.2, 0) is 0 Å². The summed E-state index contributed by atoms with van der Waals surface area (Å²) in [4.78, 5) is 5.72. The van der Waals surface area contributed by atoms with Gasteiger partial charge in [0, 0.05) is 29.4 Å². The smallest absolute Gasteiger partial charge is 0.140 e. The monoisotopic (exact) mass is 347 g/mol. The Morgan fingerprint density at radius 3 is 2.65 bits per heavy atom. The molecule has 0 saturated carbocycles. The summed E-state index contributed by atoms with van der Waals surface area (Å²) in [6.45, 7) is 0.545. The van der Waals surface area contributed by atoms with E-state index < -0.39 is 0 Å². The highest BCUT2D eigenvalue weighted by atomic mass is 79.9. The van der Waals surface area contributed by atoms with E-state index in [4.69, 9.17) is 5.73 Å². The van der Waals surface area contributed by atoms with E-state index in [0.717, 1.165) is 15.2 Å². The van der Waals surface area contributed by atoms with Gasteiger partial charge in [0.25, 0.3) is 0 Å². The first-order valence-corrected chi connectivity index (χ1v) is 7.94. The lowest BCUT2D eigenvalue weighted by molar-refractivity contribution is 0.610. The minimum absolute atomic E-state index is 0.115. The van der Waals surface area contributed by atoms with Crippen LogP contribution < -0.4 is 5.73 Å². The molecule has 3 rings (SSSR count). The summed E-state index contributed by atoms with van der Waals surface area (Å²) in [7, 11) is 0. The topological polar surface area (TPSA) is 43.8 Å². The molecule has 2 N–H and O–H groups in total. The lowest BCUT2D eigenvalue weighted by atomic mass is 10.2. The Labute approximate surface area is 130 Å². The van der Waals surface area contributed by atoms with Crippen LogP contribution in [0, 0.1) is 0 Å². The first-order valence-electron chi connectivity index (χ1n) is 6.33. The lowest BCUT2D eigenvalue weighted by Gasteiger charge is -2.18. The molecule has 2 aromatic heterocycles. The Morgan fingerprint density at radius 2 is 2.00 bits per heavy atom. The van der Waals surface area contributed by atoms with Gasteiger partial charge in [-0.1, -0.05) is 30.3 Å². The molecule has 5 heteroatoms. The highest BCUT2D eigenvalue weighted by molar-refractivity contribution is 9.11. The zero-order valence-electron chi connectivity index (χ0n) is 10.7. The molecule has 1 unspecified atom stereocenters. The summed E-state index contributed by atoms with van der Waals surface area (Å²) in [5, 5.41) is 0. The van der Waals surface area contributed by atoms with Crippen molar-refractivity contribution in [1.82, 2.24) is 9.55 Å². The Hall–Kier alpha value is -1.43. The number of imidazole rings is 1. The van der Waals surface area contributed by atoms with Gasteiger partial charge in [0.2, 0.25) is 0 Å². The third-order valence-corrected chi connectivity index (χ3v) is 4.91. The number of nitrogens with zero attached hydrogens (tertiary/aromatic N) is 2. The van der Waals surface area contributed by atoms with Crippen molar-refractivity contribution in [2.45, 2.75) is 6.04 Å². The van der Waals surface area contributed by atoms with Crippen molar-refractivity contribution in [3.8, 4) is 11.4 Å². The van der Waals surface area contributed by atoms with Gasteiger partial charge in [0.05, 0.1) is 9.83 Å². The SMILES string of the molecule is NCC(c1ccc(Br)s1)n1ccnc1-c1ccccc1. The average Bonchev–Trinajstić information content (AvgIpc) is 3.11. The zero-order chi connectivity index (χ0) is 13.9. The molecule has 0 amide bonds. The van der Waals surface area contributed by atoms with Gasteiger partial charge in [0.15, 0.2) is 0 Å². The van der Waals surface area contributed by atoms with Gasteiger partial charge in [-0.3, -0.25) is 0 Å². The van der Waals surface area contributed by atoms with Crippen molar-refractivity contribution in [1.29, 1.82) is 0 Å². The van der Waals surface area contributed by atoms with Crippen molar-refractivity contribution in [3.05, 3.63) is 63.5 Å². The summed E-state index contributed by atoms with van der Waals surface area (Å²) in [5.74, 6) is 0.950. The van der Waals surface area contributed by atoms with Gasteiger partial charge in [-0.15, -0.1) is 11.3 Å². The van der Waals surface area contributed by atoms with Gasteiger partial charge in [-0.05, 0) is 28.1 Å². The maximum atomic E-state index is 5.99. The fourth-order valence-corrected chi connectivity index (χ4v) is 3.79. The molecule has 0 bridgehead atoms. The fourth-order valence-electron chi connectivity index (χ4n) is 2.25. The molecule has 0 aliphatic rings. The second kappa shape index (κ2) is 5.91. The fraction of sp³-hybridized carbons (Fsp3) is 0.133. The Balaban J connectivity index is 2.04. The van der Waals surface area contributed by atoms with Crippen molar-refractivity contribution in [2.75, 3.05) is 6.54 Å². The summed E-state index contributed by atoms with van der Waals surface area (Å²) in [6, 6.07) is 14.5. The molecule has 0 radical (unpaired) electrons. The van der Waals surface area contributed by atoms with Crippen molar-refractivity contribution in [2.24, 2.45) is 5.73 Å². The van der Waals surface area contributed by atoms with Crippen molar-refractivity contribution < 1.29 is 0 Å². The van der Waals surface area contributed by atoms with Crippen molar-refractivity contribution >= 4 is 27.3 Å². The van der Waals surface area contributed by atoms with Crippen LogP contribution >= 0.6 is 27.3 Å². The van der Waals surface area contributed by atoms with Crippen LogP contribution in [0.15, 0.2) is 58.6 Å². The van der Waals surface area contributed by atoms with Crippen LogP contribution in [0.1, 0.15) is 10.9 Å². The van der Waals surface area contributed by atoms with Crippen molar-refractivity contribution in [3.63, 3.8) is 0 Å². The first kappa shape index (κ1) is 13.5. The van der Waals surface area contributed by atoms with Gasteiger partial charge < -0.3 is 10.3 Å². The second-order valence-electron chi connectivity index (χ2n) is 4.42. The predicted octanol–water partition coefficient (Wildman–Crippen LogP) is 3.92. The Kier molecular flexibility index (Phi) is 4.00. The highest BCUT2D eigenvalue weighted by Gasteiger charge is 2.17. The molecule has 3 nitrogen and oxygen atoms in total. The molecule has 3 aromatic rings. The van der Waals surface area contributed by atoms with E-state index >= 15 is 0 Å². The molecular weight excluding hydrogens is 334 g/mol. The van der Waals surface area contributed by atoms with E-state index in [1.54, 1.807) is 11.3 Å². The van der Waals surface area contributed by atoms with E-state index in [1.807, 2.05) is 30.6 Å². The minimum Gasteiger partial charge on any atom is -0.328 e. The summed E-state index contributed by atoms with van der Waals surface area (Å²) in [6.07, 6.45) is 3.82. The van der Waals surface area contributed by atoms with Crippen LogP contribution in [0.4, 0.5) is 0 Å². The number of halogens is 1. The van der Waals surface area contributed by atoms with E-state index in [2.05, 4.69) is 49.7 Å². The predicted molar refractivity (Wildman–Crippen MR) is 86.9 cm³/mol. The Bertz CT molecular complexity index is 690. The molecule has 0 saturated heterocycles. The number of rotatable bonds is 4. The lowest BCUT2D eigenvalue weighted by Crippen LogP contribution is -2.19.